The van der Waals surface area contributed by atoms with Crippen molar-refractivity contribution in [2.75, 3.05) is 20.1 Å². The van der Waals surface area contributed by atoms with Gasteiger partial charge in [-0.25, -0.2) is 13.8 Å². The Hall–Kier alpha value is -5.35. The van der Waals surface area contributed by atoms with Gasteiger partial charge in [0.1, 0.15) is 36.7 Å². The number of carboxylic acid groups (broad SMARTS) is 1. The van der Waals surface area contributed by atoms with E-state index < -0.39 is 5.97 Å². The summed E-state index contributed by atoms with van der Waals surface area (Å²) in [6.07, 6.45) is 26.8. The van der Waals surface area contributed by atoms with Crippen molar-refractivity contribution >= 4 is 57.4 Å². The van der Waals surface area contributed by atoms with Gasteiger partial charge in [0.25, 0.3) is 0 Å². The van der Waals surface area contributed by atoms with Crippen LogP contribution in [-0.4, -0.2) is 100 Å². The summed E-state index contributed by atoms with van der Waals surface area (Å²) >= 11 is 6.47. The van der Waals surface area contributed by atoms with Crippen LogP contribution in [0.15, 0.2) is 48.8 Å². The lowest BCUT2D eigenvalue weighted by atomic mass is 9.36. The molecule has 0 spiro atoms. The highest BCUT2D eigenvalue weighted by Crippen LogP contribution is 2.72. The fourth-order valence-electron chi connectivity index (χ4n) is 22.8. The van der Waals surface area contributed by atoms with E-state index in [1.54, 1.807) is 13.8 Å². The van der Waals surface area contributed by atoms with Crippen LogP contribution in [0.4, 0.5) is 0 Å². The van der Waals surface area contributed by atoms with E-state index in [4.69, 9.17) is 21.3 Å². The van der Waals surface area contributed by atoms with Crippen molar-refractivity contribution < 1.29 is 33.8 Å². The highest BCUT2D eigenvalue weighted by atomic mass is 35.5. The number of ether oxygens (including phenoxy) is 2. The summed E-state index contributed by atoms with van der Waals surface area (Å²) in [4.78, 5) is 51.5. The molecule has 16 nitrogen and oxygen atoms in total. The molecule has 1 amide bonds. The number of hydrogen-bond donors (Lipinski definition) is 2. The number of likely N-dealkylation sites (N-methyl/N-ethyl adjacent to an activating group) is 1. The van der Waals surface area contributed by atoms with Gasteiger partial charge in [-0.05, 0) is 244 Å². The molecule has 8 aliphatic carbocycles. The number of esters is 2. The van der Waals surface area contributed by atoms with Crippen LogP contribution >= 0.6 is 11.8 Å². The van der Waals surface area contributed by atoms with Crippen LogP contribution in [0.3, 0.4) is 0 Å². The first-order chi connectivity index (χ1) is 44.1. The number of nitrogens with one attached hydrogen (secondary N) is 1. The Bertz CT molecular complexity index is 3520. The number of carbonyl (C=O) groups is 4. The number of benzene rings is 2. The Morgan fingerprint density at radius 2 is 1.23 bits per heavy atom. The smallest absolute Gasteiger partial charge is 0.328 e. The third-order valence-corrected chi connectivity index (χ3v) is 27.8. The van der Waals surface area contributed by atoms with Gasteiger partial charge in [-0.3, -0.25) is 19.2 Å². The summed E-state index contributed by atoms with van der Waals surface area (Å²) in [6, 6.07) is 12.7. The second-order valence-corrected chi connectivity index (χ2v) is 33.0. The summed E-state index contributed by atoms with van der Waals surface area (Å²) in [5, 5.41) is 32.7. The maximum atomic E-state index is 13.7. The second-order valence-electron chi connectivity index (χ2n) is 32.4. The molecule has 0 saturated heterocycles. The molecule has 19 atom stereocenters. The van der Waals surface area contributed by atoms with Crippen LogP contribution in [0.2, 0.25) is 0 Å². The lowest BCUT2D eigenvalue weighted by molar-refractivity contribution is -0.211. The summed E-state index contributed by atoms with van der Waals surface area (Å²) in [6.45, 7) is 21.6. The van der Waals surface area contributed by atoms with E-state index in [1.165, 1.54) is 64.2 Å². The number of carbonyl (C=O) groups excluding carboxylic acids is 3. The van der Waals surface area contributed by atoms with Crippen LogP contribution in [-0.2, 0) is 48.3 Å². The largest absolute Gasteiger partial charge is 0.481 e. The van der Waals surface area contributed by atoms with E-state index in [-0.39, 0.29) is 60.4 Å². The highest BCUT2D eigenvalue weighted by molar-refractivity contribution is 6.13. The minimum absolute atomic E-state index is 0.00222. The number of amides is 1. The second kappa shape index (κ2) is 26.0. The zero-order chi connectivity index (χ0) is 64.6. The normalized spacial score (nSPS) is 35.4. The molecule has 3 heterocycles. The average Bonchev–Trinajstić information content (AvgIpc) is 0.837. The Morgan fingerprint density at radius 3 is 1.85 bits per heavy atom. The number of aliphatic carboxylic acids is 1. The molecule has 500 valence electrons. The molecule has 0 radical (unpaired) electrons. The summed E-state index contributed by atoms with van der Waals surface area (Å²) in [7, 11) is 1.86. The van der Waals surface area contributed by atoms with E-state index in [0.717, 1.165) is 133 Å². The summed E-state index contributed by atoms with van der Waals surface area (Å²) < 4.78 is 19.8. The topological polar surface area (TPSA) is 189 Å². The van der Waals surface area contributed by atoms with Crippen molar-refractivity contribution in [2.45, 2.75) is 228 Å². The van der Waals surface area contributed by atoms with Crippen LogP contribution in [0, 0.1) is 98.6 Å². The van der Waals surface area contributed by atoms with E-state index in [1.807, 2.05) is 19.4 Å². The molecule has 17 heteroatoms. The molecule has 3 aromatic heterocycles. The van der Waals surface area contributed by atoms with E-state index in [0.29, 0.717) is 89.1 Å². The predicted molar refractivity (Wildman–Crippen MR) is 358 cm³/mol. The number of aromatic nitrogens is 7. The summed E-state index contributed by atoms with van der Waals surface area (Å²) in [5.41, 5.74) is 6.34. The molecular weight excluding hydrogens is 1170 g/mol. The van der Waals surface area contributed by atoms with Crippen LogP contribution < -0.4 is 5.32 Å². The monoisotopic (exact) mass is 1280 g/mol. The molecule has 5 aromatic rings. The first-order valence-electron chi connectivity index (χ1n) is 36.2. The third-order valence-electron chi connectivity index (χ3n) is 27.7. The van der Waals surface area contributed by atoms with Crippen molar-refractivity contribution in [2.24, 2.45) is 98.6 Å². The van der Waals surface area contributed by atoms with Gasteiger partial charge < -0.3 is 24.5 Å². The molecular formula is C75H106ClN9O7. The van der Waals surface area contributed by atoms with E-state index in [2.05, 4.69) is 122 Å². The SMILES string of the molecule is CCCCNC(=O)CC[C@@H](C)C1CCC2C3CCC4CC(OC(=O)Cn5cc(-c6ccc7c8ccc(-c9cn(CC(=O)OC%10CCC%11(C)C%12CCC%13(C)C(CC%13[C@H](C)CCC(=O)O)[C@@H]%12C[C@H](C)[C@@H]%11C%10)nn9)cc8n(CCN(C)Cl)c7c6)nn5)CCC4(C)C3CCC21C. The highest BCUT2D eigenvalue weighted by Gasteiger charge is 2.65. The van der Waals surface area contributed by atoms with Gasteiger partial charge in [-0.1, -0.05) is 96.5 Å². The van der Waals surface area contributed by atoms with Crippen LogP contribution in [0.1, 0.15) is 197 Å². The average molecular weight is 1280 g/mol. The molecule has 14 unspecified atom stereocenters. The van der Waals surface area contributed by atoms with Crippen LogP contribution in [0.5, 0.6) is 0 Å². The van der Waals surface area contributed by atoms with Gasteiger partial charge in [0, 0.05) is 72.5 Å². The van der Waals surface area contributed by atoms with Gasteiger partial charge in [-0.15, -0.1) is 10.2 Å². The number of halogens is 1. The zero-order valence-corrected chi connectivity index (χ0v) is 57.5. The van der Waals surface area contributed by atoms with Crippen molar-refractivity contribution in [3.05, 3.63) is 48.8 Å². The van der Waals surface area contributed by atoms with Gasteiger partial charge in [-0.2, -0.15) is 0 Å². The lowest BCUT2D eigenvalue weighted by Gasteiger charge is -2.69. The number of fused-ring (bicyclic) bond motifs is 13. The quantitative estimate of drug-likeness (QED) is 0.0380. The van der Waals surface area contributed by atoms with Crippen molar-refractivity contribution in [1.29, 1.82) is 0 Å². The number of hydrogen-bond acceptors (Lipinski definition) is 11. The van der Waals surface area contributed by atoms with E-state index >= 15 is 0 Å². The Balaban J connectivity index is 0.610. The Labute approximate surface area is 551 Å². The summed E-state index contributed by atoms with van der Waals surface area (Å²) in [5.74, 6) is 7.35. The number of rotatable bonds is 22. The maximum absolute atomic E-state index is 13.7. The van der Waals surface area contributed by atoms with Crippen molar-refractivity contribution in [3.63, 3.8) is 0 Å². The van der Waals surface area contributed by atoms with Gasteiger partial charge in [0.2, 0.25) is 5.91 Å². The standard InChI is InChI=1S/C75H106ClN9O7/c1-10-11-32-77-68(86)22-12-45(2)57-20-21-58-55-19-16-50-38-51(24-28-72(50,5)59(55)26-30-73(57,58)6)91-70(89)43-83-41-64(78-80-83)48-14-17-53-54-18-15-49(37-67(54)85(66(53)36-48)34-33-82(9)76)65-42-84(81-79-65)44-71(90)92-52-25-29-74(7)60-27-31-75(8)62(46(3)13-23-69(87)88)40-63(75)56(60)35-47(4)61(74)39-52/h14-15,17-18,36-37,41-42,45-47,50-52,55-63H,10-13,16,19-35,38-40,43-44H2,1-9H3,(H,77,86)(H,87,88)/t45-,46-,47+,50?,51?,52?,55?,56-,57?,58?,59?,60?,61+,62?,63?,72?,73?,74?,75?/m1/s1. The minimum atomic E-state index is -0.683. The first-order valence-corrected chi connectivity index (χ1v) is 36.5. The molecule has 8 saturated carbocycles. The fourth-order valence-corrected chi connectivity index (χ4v) is 22.9. The Morgan fingerprint density at radius 1 is 0.663 bits per heavy atom. The van der Waals surface area contributed by atoms with Crippen LogP contribution in [0.25, 0.3) is 44.3 Å². The molecule has 0 aliphatic heterocycles. The molecule has 8 fully saturated rings. The molecule has 2 aromatic carbocycles. The van der Waals surface area contributed by atoms with Gasteiger partial charge in [0.15, 0.2) is 0 Å². The molecule has 2 N–H and O–H groups in total. The number of carboxylic acids is 1. The first kappa shape index (κ1) is 65.3. The molecule has 0 bridgehead atoms. The minimum Gasteiger partial charge on any atom is -0.481 e. The third kappa shape index (κ3) is 12.2. The van der Waals surface area contributed by atoms with Crippen molar-refractivity contribution in [1.82, 2.24) is 44.3 Å². The maximum Gasteiger partial charge on any atom is 0.328 e. The molecule has 13 rings (SSSR count). The fraction of sp³-hybridized carbons (Fsp3) is 0.733. The van der Waals surface area contributed by atoms with Gasteiger partial charge in [0.05, 0.1) is 12.4 Å². The zero-order valence-electron chi connectivity index (χ0n) is 56.7. The predicted octanol–water partition coefficient (Wildman–Crippen LogP) is 15.2. The number of unbranched alkanes of at least 4 members (excludes halogenated alkanes) is 1. The van der Waals surface area contributed by atoms with E-state index in [9.17, 15) is 24.3 Å². The lowest BCUT2D eigenvalue weighted by Crippen LogP contribution is -2.62. The Kier molecular flexibility index (Phi) is 18.5. The number of nitrogens with zero attached hydrogens (tertiary/aromatic N) is 8. The van der Waals surface area contributed by atoms with Crippen molar-refractivity contribution in [3.8, 4) is 22.5 Å². The molecule has 92 heavy (non-hydrogen) atoms. The molecule has 8 aliphatic rings. The van der Waals surface area contributed by atoms with Gasteiger partial charge >= 0.3 is 17.9 Å².